The second-order valence-electron chi connectivity index (χ2n) is 2.43. The van der Waals surface area contributed by atoms with Gasteiger partial charge < -0.3 is 9.90 Å². The number of hydrogen-bond donors (Lipinski definition) is 1. The lowest BCUT2D eigenvalue weighted by Crippen LogP contribution is -1.92. The first-order valence-electron chi connectivity index (χ1n) is 3.43. The summed E-state index contributed by atoms with van der Waals surface area (Å²) in [5.41, 5.74) is 1.38. The number of carbonyl (C=O) groups excluding carboxylic acids is 1. The molecule has 3 nitrogen and oxygen atoms in total. The first-order valence-corrected chi connectivity index (χ1v) is 4.23. The highest BCUT2D eigenvalue weighted by atomic mass is 79.9. The van der Waals surface area contributed by atoms with Crippen LogP contribution in [-0.2, 0) is 11.2 Å². The molecule has 1 aromatic rings. The number of aryl methyl sites for hydroxylation is 1. The maximum Gasteiger partial charge on any atom is 0.151 e. The van der Waals surface area contributed by atoms with Gasteiger partial charge in [-0.25, -0.2) is 4.98 Å². The van der Waals surface area contributed by atoms with Crippen LogP contribution in [0.2, 0.25) is 0 Å². The molecular formula is C8H8BrNO2. The highest BCUT2D eigenvalue weighted by Crippen LogP contribution is 2.26. The van der Waals surface area contributed by atoms with Crippen molar-refractivity contribution in [3.63, 3.8) is 0 Å². The van der Waals surface area contributed by atoms with Crippen molar-refractivity contribution < 1.29 is 9.90 Å². The summed E-state index contributed by atoms with van der Waals surface area (Å²) in [5.74, 6) is 0.0488. The third-order valence-corrected chi connectivity index (χ3v) is 2.01. The molecule has 0 saturated heterocycles. The Morgan fingerprint density at radius 1 is 1.75 bits per heavy atom. The Kier molecular flexibility index (Phi) is 2.81. The smallest absolute Gasteiger partial charge is 0.151 e. The van der Waals surface area contributed by atoms with E-state index in [0.29, 0.717) is 10.2 Å². The average Bonchev–Trinajstić information content (AvgIpc) is 2.00. The normalized spacial score (nSPS) is 9.83. The number of carbonyl (C=O) groups is 1. The quantitative estimate of drug-likeness (QED) is 0.620. The van der Waals surface area contributed by atoms with E-state index in [9.17, 15) is 9.90 Å². The third-order valence-electron chi connectivity index (χ3n) is 1.46. The highest BCUT2D eigenvalue weighted by molar-refractivity contribution is 9.10. The molecule has 0 radical (unpaired) electrons. The molecule has 0 atom stereocenters. The first kappa shape index (κ1) is 9.19. The lowest BCUT2D eigenvalue weighted by Gasteiger charge is -2.03. The lowest BCUT2D eigenvalue weighted by atomic mass is 10.1. The van der Waals surface area contributed by atoms with Crippen LogP contribution in [0.5, 0.6) is 5.75 Å². The van der Waals surface area contributed by atoms with Crippen molar-refractivity contribution in [1.29, 1.82) is 0 Å². The van der Waals surface area contributed by atoms with E-state index in [1.54, 1.807) is 13.0 Å². The summed E-state index contributed by atoms with van der Waals surface area (Å²) in [6, 6.07) is 1.69. The van der Waals surface area contributed by atoms with Gasteiger partial charge in [0, 0.05) is 17.7 Å². The fraction of sp³-hybridized carbons (Fsp3) is 0.250. The summed E-state index contributed by atoms with van der Waals surface area (Å²) in [4.78, 5) is 14.2. The van der Waals surface area contributed by atoms with Crippen LogP contribution < -0.4 is 0 Å². The molecule has 0 unspecified atom stereocenters. The van der Waals surface area contributed by atoms with Crippen LogP contribution in [0.15, 0.2) is 10.7 Å². The topological polar surface area (TPSA) is 50.2 Å². The SMILES string of the molecule is Cc1cc(CC=O)c(O)c(Br)n1. The number of halogens is 1. The minimum atomic E-state index is 0.0488. The molecule has 0 aliphatic carbocycles. The van der Waals surface area contributed by atoms with Crippen molar-refractivity contribution in [3.05, 3.63) is 21.9 Å². The molecule has 0 amide bonds. The molecule has 4 heteroatoms. The van der Waals surface area contributed by atoms with E-state index in [-0.39, 0.29) is 12.2 Å². The third kappa shape index (κ3) is 1.82. The molecule has 0 spiro atoms. The predicted molar refractivity (Wildman–Crippen MR) is 48.1 cm³/mol. The van der Waals surface area contributed by atoms with Gasteiger partial charge in [-0.1, -0.05) is 0 Å². The Bertz CT molecular complexity index is 312. The summed E-state index contributed by atoms with van der Waals surface area (Å²) < 4.78 is 0.388. The number of nitrogens with zero attached hydrogens (tertiary/aromatic N) is 1. The zero-order valence-corrected chi connectivity index (χ0v) is 8.13. The molecule has 1 aromatic heterocycles. The van der Waals surface area contributed by atoms with Crippen LogP contribution in [0.1, 0.15) is 11.3 Å². The molecule has 0 saturated carbocycles. The fourth-order valence-electron chi connectivity index (χ4n) is 0.938. The first-order chi connectivity index (χ1) is 5.65. The van der Waals surface area contributed by atoms with Gasteiger partial charge in [0.2, 0.25) is 0 Å². The minimum absolute atomic E-state index is 0.0488. The Labute approximate surface area is 78.6 Å². The van der Waals surface area contributed by atoms with Gasteiger partial charge >= 0.3 is 0 Å². The van der Waals surface area contributed by atoms with E-state index in [1.165, 1.54) is 0 Å². The van der Waals surface area contributed by atoms with E-state index in [2.05, 4.69) is 20.9 Å². The van der Waals surface area contributed by atoms with Crippen molar-refractivity contribution in [1.82, 2.24) is 4.98 Å². The molecule has 64 valence electrons. The van der Waals surface area contributed by atoms with Gasteiger partial charge in [0.15, 0.2) is 5.75 Å². The Morgan fingerprint density at radius 2 is 2.42 bits per heavy atom. The van der Waals surface area contributed by atoms with E-state index in [0.717, 1.165) is 12.0 Å². The second kappa shape index (κ2) is 3.67. The number of rotatable bonds is 2. The molecule has 0 fully saturated rings. The summed E-state index contributed by atoms with van der Waals surface area (Å²) in [7, 11) is 0. The van der Waals surface area contributed by atoms with Crippen LogP contribution in [0.25, 0.3) is 0 Å². The van der Waals surface area contributed by atoms with Crippen molar-refractivity contribution in [2.45, 2.75) is 13.3 Å². The number of aromatic nitrogens is 1. The maximum absolute atomic E-state index is 10.2. The van der Waals surface area contributed by atoms with Gasteiger partial charge in [-0.05, 0) is 28.9 Å². The van der Waals surface area contributed by atoms with E-state index < -0.39 is 0 Å². The summed E-state index contributed by atoms with van der Waals surface area (Å²) in [6.07, 6.45) is 0.967. The van der Waals surface area contributed by atoms with Gasteiger partial charge in [0.1, 0.15) is 10.9 Å². The van der Waals surface area contributed by atoms with Crippen LogP contribution in [0.4, 0.5) is 0 Å². The fourth-order valence-corrected chi connectivity index (χ4v) is 1.47. The molecule has 0 aliphatic heterocycles. The zero-order valence-electron chi connectivity index (χ0n) is 6.54. The molecule has 0 bridgehead atoms. The summed E-state index contributed by atoms with van der Waals surface area (Å²) >= 11 is 3.09. The second-order valence-corrected chi connectivity index (χ2v) is 3.18. The van der Waals surface area contributed by atoms with Gasteiger partial charge in [0.25, 0.3) is 0 Å². The number of pyridine rings is 1. The lowest BCUT2D eigenvalue weighted by molar-refractivity contribution is -0.107. The number of aldehydes is 1. The standard InChI is InChI=1S/C8H8BrNO2/c1-5-4-6(2-3-11)7(12)8(9)10-5/h3-4,12H,2H2,1H3. The number of hydrogen-bond acceptors (Lipinski definition) is 3. The van der Waals surface area contributed by atoms with Crippen molar-refractivity contribution in [2.75, 3.05) is 0 Å². The van der Waals surface area contributed by atoms with E-state index in [1.807, 2.05) is 0 Å². The van der Waals surface area contributed by atoms with Gasteiger partial charge in [-0.2, -0.15) is 0 Å². The largest absolute Gasteiger partial charge is 0.505 e. The van der Waals surface area contributed by atoms with Crippen LogP contribution >= 0.6 is 15.9 Å². The Balaban J connectivity index is 3.17. The molecule has 1 N–H and O–H groups in total. The van der Waals surface area contributed by atoms with Crippen molar-refractivity contribution in [3.8, 4) is 5.75 Å². The molecule has 12 heavy (non-hydrogen) atoms. The highest BCUT2D eigenvalue weighted by Gasteiger charge is 2.06. The van der Waals surface area contributed by atoms with Crippen LogP contribution in [0.3, 0.4) is 0 Å². The van der Waals surface area contributed by atoms with Crippen molar-refractivity contribution >= 4 is 22.2 Å². The van der Waals surface area contributed by atoms with Gasteiger partial charge in [-0.15, -0.1) is 0 Å². The Morgan fingerprint density at radius 3 is 3.00 bits per heavy atom. The average molecular weight is 230 g/mol. The van der Waals surface area contributed by atoms with Crippen molar-refractivity contribution in [2.24, 2.45) is 0 Å². The predicted octanol–water partition coefficient (Wildman–Crippen LogP) is 1.60. The Hall–Kier alpha value is -0.900. The monoisotopic (exact) mass is 229 g/mol. The summed E-state index contributed by atoms with van der Waals surface area (Å²) in [6.45, 7) is 1.80. The molecule has 1 rings (SSSR count). The van der Waals surface area contributed by atoms with Crippen LogP contribution in [-0.4, -0.2) is 16.4 Å². The molecule has 0 aromatic carbocycles. The van der Waals surface area contributed by atoms with E-state index in [4.69, 9.17) is 0 Å². The molecular weight excluding hydrogens is 222 g/mol. The summed E-state index contributed by atoms with van der Waals surface area (Å²) in [5, 5.41) is 9.38. The van der Waals surface area contributed by atoms with Crippen LogP contribution in [0, 0.1) is 6.92 Å². The number of aromatic hydroxyl groups is 1. The van der Waals surface area contributed by atoms with E-state index >= 15 is 0 Å². The molecule has 0 aliphatic rings. The minimum Gasteiger partial charge on any atom is -0.505 e. The molecule has 1 heterocycles. The van der Waals surface area contributed by atoms with Gasteiger partial charge in [-0.3, -0.25) is 0 Å². The zero-order chi connectivity index (χ0) is 9.14. The maximum atomic E-state index is 10.2. The van der Waals surface area contributed by atoms with Gasteiger partial charge in [0.05, 0.1) is 0 Å².